The van der Waals surface area contributed by atoms with E-state index in [0.29, 0.717) is 12.0 Å². The smallest absolute Gasteiger partial charge is 0.0963 e. The summed E-state index contributed by atoms with van der Waals surface area (Å²) < 4.78 is 1.29. The van der Waals surface area contributed by atoms with Crippen molar-refractivity contribution in [1.29, 1.82) is 0 Å². The number of thiazole rings is 1. The SMILES string of the molecule is C.CC(C)N1CCc2ccccc2C1.CC(C)c1nc2ccccc2s1. The van der Waals surface area contributed by atoms with Crippen molar-refractivity contribution in [1.82, 2.24) is 9.88 Å². The van der Waals surface area contributed by atoms with Crippen molar-refractivity contribution in [2.75, 3.05) is 6.54 Å². The van der Waals surface area contributed by atoms with Gasteiger partial charge in [0.15, 0.2) is 0 Å². The molecule has 26 heavy (non-hydrogen) atoms. The average molecular weight is 369 g/mol. The highest BCUT2D eigenvalue weighted by atomic mass is 32.1. The van der Waals surface area contributed by atoms with Gasteiger partial charge in [-0.1, -0.05) is 57.7 Å². The molecule has 140 valence electrons. The second-order valence-corrected chi connectivity index (χ2v) is 8.32. The lowest BCUT2D eigenvalue weighted by atomic mass is 9.99. The Morgan fingerprint density at radius 2 is 1.58 bits per heavy atom. The molecule has 3 aromatic rings. The Hall–Kier alpha value is -1.71. The van der Waals surface area contributed by atoms with E-state index in [1.807, 2.05) is 6.07 Å². The van der Waals surface area contributed by atoms with Crippen molar-refractivity contribution < 1.29 is 0 Å². The molecule has 2 nitrogen and oxygen atoms in total. The third kappa shape index (κ3) is 4.93. The fourth-order valence-corrected chi connectivity index (χ4v) is 4.07. The minimum absolute atomic E-state index is 0. The Labute approximate surface area is 162 Å². The first-order valence-corrected chi connectivity index (χ1v) is 10.0. The molecule has 0 aliphatic carbocycles. The zero-order valence-corrected chi connectivity index (χ0v) is 16.5. The van der Waals surface area contributed by atoms with Gasteiger partial charge < -0.3 is 0 Å². The molecule has 0 radical (unpaired) electrons. The highest BCUT2D eigenvalue weighted by Crippen LogP contribution is 2.26. The summed E-state index contributed by atoms with van der Waals surface area (Å²) >= 11 is 1.79. The minimum atomic E-state index is 0. The van der Waals surface area contributed by atoms with Gasteiger partial charge in [-0.3, -0.25) is 4.90 Å². The lowest BCUT2D eigenvalue weighted by Gasteiger charge is -2.31. The van der Waals surface area contributed by atoms with Crippen LogP contribution in [-0.2, 0) is 13.0 Å². The summed E-state index contributed by atoms with van der Waals surface area (Å²) in [6.45, 7) is 11.2. The zero-order chi connectivity index (χ0) is 17.8. The molecule has 1 aliphatic heterocycles. The maximum absolute atomic E-state index is 4.53. The second kappa shape index (κ2) is 9.29. The minimum Gasteiger partial charge on any atom is -0.296 e. The molecule has 2 heterocycles. The molecule has 0 atom stereocenters. The van der Waals surface area contributed by atoms with Gasteiger partial charge >= 0.3 is 0 Å². The fraction of sp³-hybridized carbons (Fsp3) is 0.435. The van der Waals surface area contributed by atoms with Crippen LogP contribution in [0.3, 0.4) is 0 Å². The van der Waals surface area contributed by atoms with E-state index in [2.05, 4.69) is 80.0 Å². The topological polar surface area (TPSA) is 16.1 Å². The standard InChI is InChI=1S/C12H17N.C10H11NS.CH4/c1-10(2)13-8-7-11-5-3-4-6-12(11)9-13;1-7(2)10-11-8-5-3-4-6-9(8)12-10;/h3-6,10H,7-9H2,1-2H3;3-7H,1-2H3;1H4. The molecule has 1 aromatic heterocycles. The number of hydrogen-bond donors (Lipinski definition) is 0. The van der Waals surface area contributed by atoms with Crippen LogP contribution in [0, 0.1) is 0 Å². The molecule has 0 spiro atoms. The predicted molar refractivity (Wildman–Crippen MR) is 116 cm³/mol. The van der Waals surface area contributed by atoms with E-state index in [-0.39, 0.29) is 7.43 Å². The number of rotatable bonds is 2. The molecule has 0 amide bonds. The quantitative estimate of drug-likeness (QED) is 0.512. The van der Waals surface area contributed by atoms with Gasteiger partial charge in [-0.2, -0.15) is 0 Å². The highest BCUT2D eigenvalue weighted by Gasteiger charge is 2.17. The van der Waals surface area contributed by atoms with E-state index >= 15 is 0 Å². The molecule has 0 saturated heterocycles. The Morgan fingerprint density at radius 1 is 0.923 bits per heavy atom. The summed E-state index contributed by atoms with van der Waals surface area (Å²) in [4.78, 5) is 7.06. The maximum atomic E-state index is 4.53. The number of para-hydroxylation sites is 1. The number of nitrogens with zero attached hydrogens (tertiary/aromatic N) is 2. The van der Waals surface area contributed by atoms with E-state index < -0.39 is 0 Å². The number of aromatic nitrogens is 1. The van der Waals surface area contributed by atoms with Gasteiger partial charge in [0, 0.05) is 25.0 Å². The third-order valence-corrected chi connectivity index (χ3v) is 6.03. The van der Waals surface area contributed by atoms with Gasteiger partial charge in [-0.05, 0) is 43.5 Å². The van der Waals surface area contributed by atoms with Crippen LogP contribution in [0.4, 0.5) is 0 Å². The summed E-state index contributed by atoms with van der Waals surface area (Å²) in [5.41, 5.74) is 4.19. The summed E-state index contributed by atoms with van der Waals surface area (Å²) in [7, 11) is 0. The van der Waals surface area contributed by atoms with Crippen molar-refractivity contribution >= 4 is 21.6 Å². The van der Waals surface area contributed by atoms with Crippen molar-refractivity contribution in [2.24, 2.45) is 0 Å². The molecule has 3 heteroatoms. The average Bonchev–Trinajstić information content (AvgIpc) is 3.06. The van der Waals surface area contributed by atoms with Crippen LogP contribution >= 0.6 is 11.3 Å². The van der Waals surface area contributed by atoms with Crippen LogP contribution < -0.4 is 0 Å². The Kier molecular flexibility index (Phi) is 7.36. The molecular weight excluding hydrogens is 336 g/mol. The van der Waals surface area contributed by atoms with E-state index in [9.17, 15) is 0 Å². The monoisotopic (exact) mass is 368 g/mol. The summed E-state index contributed by atoms with van der Waals surface area (Å²) in [5, 5.41) is 1.23. The molecule has 0 saturated carbocycles. The molecular formula is C23H32N2S. The first-order chi connectivity index (χ1) is 12.0. The number of benzene rings is 2. The van der Waals surface area contributed by atoms with Gasteiger partial charge in [-0.15, -0.1) is 11.3 Å². The Morgan fingerprint density at radius 3 is 2.23 bits per heavy atom. The first kappa shape index (κ1) is 20.6. The Bertz CT molecular complexity index is 787. The van der Waals surface area contributed by atoms with Crippen molar-refractivity contribution in [3.05, 3.63) is 64.7 Å². The normalized spacial score (nSPS) is 13.9. The van der Waals surface area contributed by atoms with E-state index in [4.69, 9.17) is 0 Å². The van der Waals surface area contributed by atoms with Crippen LogP contribution in [0.2, 0.25) is 0 Å². The first-order valence-electron chi connectivity index (χ1n) is 9.21. The summed E-state index contributed by atoms with van der Waals surface area (Å²) in [6, 6.07) is 17.8. The fourth-order valence-electron chi connectivity index (χ4n) is 3.10. The van der Waals surface area contributed by atoms with Crippen molar-refractivity contribution in [3.8, 4) is 0 Å². The highest BCUT2D eigenvalue weighted by molar-refractivity contribution is 7.18. The van der Waals surface area contributed by atoms with Crippen molar-refractivity contribution in [3.63, 3.8) is 0 Å². The van der Waals surface area contributed by atoms with E-state index in [0.717, 1.165) is 12.1 Å². The molecule has 0 unspecified atom stereocenters. The largest absolute Gasteiger partial charge is 0.296 e. The van der Waals surface area contributed by atoms with Crippen LogP contribution in [0.1, 0.15) is 57.2 Å². The molecule has 4 rings (SSSR count). The molecule has 1 aliphatic rings. The molecule has 0 N–H and O–H groups in total. The summed E-state index contributed by atoms with van der Waals surface area (Å²) in [5.74, 6) is 0.544. The lowest BCUT2D eigenvalue weighted by molar-refractivity contribution is 0.203. The second-order valence-electron chi connectivity index (χ2n) is 7.26. The van der Waals surface area contributed by atoms with Crippen LogP contribution in [0.25, 0.3) is 10.2 Å². The van der Waals surface area contributed by atoms with Gasteiger partial charge in [0.25, 0.3) is 0 Å². The Balaban J connectivity index is 0.000000180. The van der Waals surface area contributed by atoms with Crippen LogP contribution in [-0.4, -0.2) is 22.5 Å². The number of hydrogen-bond acceptors (Lipinski definition) is 3. The maximum Gasteiger partial charge on any atom is 0.0963 e. The van der Waals surface area contributed by atoms with E-state index in [1.165, 1.54) is 28.2 Å². The number of fused-ring (bicyclic) bond motifs is 2. The summed E-state index contributed by atoms with van der Waals surface area (Å²) in [6.07, 6.45) is 1.22. The molecule has 2 aromatic carbocycles. The molecule has 0 bridgehead atoms. The van der Waals surface area contributed by atoms with Gasteiger partial charge in [0.05, 0.1) is 15.2 Å². The molecule has 0 fully saturated rings. The lowest BCUT2D eigenvalue weighted by Crippen LogP contribution is -2.35. The van der Waals surface area contributed by atoms with Gasteiger partial charge in [-0.25, -0.2) is 4.98 Å². The van der Waals surface area contributed by atoms with Gasteiger partial charge in [0.1, 0.15) is 0 Å². The van der Waals surface area contributed by atoms with Crippen molar-refractivity contribution in [2.45, 2.75) is 60.0 Å². The van der Waals surface area contributed by atoms with Crippen LogP contribution in [0.15, 0.2) is 48.5 Å². The van der Waals surface area contributed by atoms with E-state index in [1.54, 1.807) is 16.9 Å². The zero-order valence-electron chi connectivity index (χ0n) is 15.7. The van der Waals surface area contributed by atoms with Gasteiger partial charge in [0.2, 0.25) is 0 Å². The predicted octanol–water partition coefficient (Wildman–Crippen LogP) is 6.51. The third-order valence-electron chi connectivity index (χ3n) is 4.69. The van der Waals surface area contributed by atoms with Crippen LogP contribution in [0.5, 0.6) is 0 Å².